The summed E-state index contributed by atoms with van der Waals surface area (Å²) in [4.78, 5) is 6.69. The topological polar surface area (TPSA) is 20.5 Å². The molecule has 0 N–H and O–H groups in total. The van der Waals surface area contributed by atoms with Crippen LogP contribution in [0.1, 0.15) is 11.4 Å². The van der Waals surface area contributed by atoms with Gasteiger partial charge in [-0.25, -0.2) is 0 Å². The molecule has 0 saturated carbocycles. The van der Waals surface area contributed by atoms with Crippen LogP contribution in [0.4, 0.5) is 11.4 Å². The van der Waals surface area contributed by atoms with Crippen molar-refractivity contribution in [2.24, 2.45) is 4.99 Å². The summed E-state index contributed by atoms with van der Waals surface area (Å²) in [5, 5.41) is 0. The van der Waals surface area contributed by atoms with E-state index >= 15 is 0 Å². The Hall–Kier alpha value is -2.81. The van der Waals surface area contributed by atoms with Gasteiger partial charge in [0.2, 0.25) is 0 Å². The third-order valence-corrected chi connectivity index (χ3v) is 3.83. The van der Waals surface area contributed by atoms with E-state index in [4.69, 9.17) is 0 Å². The number of benzene rings is 2. The number of nitrogens with zero attached hydrogens (tertiary/aromatic N) is 3. The molecule has 0 aliphatic rings. The standard InChI is InChI=1S/C20H21N3/c1-16-9-12-20(23(16)19-7-5-4-6-8-19)15-21-17-10-13-18(14-11-17)22(2)3/h4-15H,1-3H3. The number of rotatable bonds is 4. The molecule has 0 spiro atoms. The summed E-state index contributed by atoms with van der Waals surface area (Å²) in [5.41, 5.74) is 5.55. The Labute approximate surface area is 137 Å². The molecule has 3 aromatic rings. The highest BCUT2D eigenvalue weighted by atomic mass is 15.1. The first-order chi connectivity index (χ1) is 11.1. The minimum absolute atomic E-state index is 0.953. The fraction of sp³-hybridized carbons (Fsp3) is 0.150. The Morgan fingerprint density at radius 2 is 1.57 bits per heavy atom. The van der Waals surface area contributed by atoms with Crippen molar-refractivity contribution in [3.8, 4) is 5.69 Å². The van der Waals surface area contributed by atoms with Crippen LogP contribution in [-0.2, 0) is 0 Å². The van der Waals surface area contributed by atoms with E-state index in [0.717, 1.165) is 17.1 Å². The van der Waals surface area contributed by atoms with Gasteiger partial charge < -0.3 is 9.47 Å². The van der Waals surface area contributed by atoms with Gasteiger partial charge in [-0.1, -0.05) is 18.2 Å². The molecule has 2 aromatic carbocycles. The van der Waals surface area contributed by atoms with Crippen molar-refractivity contribution in [2.75, 3.05) is 19.0 Å². The van der Waals surface area contributed by atoms with E-state index in [1.54, 1.807) is 0 Å². The molecule has 116 valence electrons. The van der Waals surface area contributed by atoms with E-state index in [9.17, 15) is 0 Å². The smallest absolute Gasteiger partial charge is 0.0641 e. The predicted molar refractivity (Wildman–Crippen MR) is 98.5 cm³/mol. The maximum atomic E-state index is 4.61. The van der Waals surface area contributed by atoms with Crippen LogP contribution in [0, 0.1) is 6.92 Å². The lowest BCUT2D eigenvalue weighted by Crippen LogP contribution is -2.07. The van der Waals surface area contributed by atoms with Crippen molar-refractivity contribution >= 4 is 17.6 Å². The lowest BCUT2D eigenvalue weighted by Gasteiger charge is -2.11. The van der Waals surface area contributed by atoms with Crippen LogP contribution in [0.2, 0.25) is 0 Å². The maximum absolute atomic E-state index is 4.61. The minimum atomic E-state index is 0.953. The van der Waals surface area contributed by atoms with E-state index < -0.39 is 0 Å². The van der Waals surface area contributed by atoms with Crippen LogP contribution in [0.15, 0.2) is 71.7 Å². The van der Waals surface area contributed by atoms with Crippen LogP contribution in [-0.4, -0.2) is 24.9 Å². The molecule has 0 amide bonds. The van der Waals surface area contributed by atoms with Gasteiger partial charge >= 0.3 is 0 Å². The van der Waals surface area contributed by atoms with Crippen molar-refractivity contribution < 1.29 is 0 Å². The minimum Gasteiger partial charge on any atom is -0.378 e. The van der Waals surface area contributed by atoms with Crippen molar-refractivity contribution in [3.63, 3.8) is 0 Å². The third kappa shape index (κ3) is 3.34. The van der Waals surface area contributed by atoms with Crippen LogP contribution in [0.5, 0.6) is 0 Å². The maximum Gasteiger partial charge on any atom is 0.0641 e. The average Bonchev–Trinajstić information content (AvgIpc) is 2.95. The summed E-state index contributed by atoms with van der Waals surface area (Å²) in [7, 11) is 4.07. The van der Waals surface area contributed by atoms with E-state index in [2.05, 4.69) is 69.9 Å². The first-order valence-corrected chi connectivity index (χ1v) is 7.70. The van der Waals surface area contributed by atoms with Gasteiger partial charge in [0.05, 0.1) is 17.6 Å². The second kappa shape index (κ2) is 6.53. The lowest BCUT2D eigenvalue weighted by atomic mass is 10.2. The molecule has 3 nitrogen and oxygen atoms in total. The van der Waals surface area contributed by atoms with Gasteiger partial charge in [-0.3, -0.25) is 4.99 Å². The van der Waals surface area contributed by atoms with Crippen molar-refractivity contribution in [1.29, 1.82) is 0 Å². The van der Waals surface area contributed by atoms with Gasteiger partial charge in [0, 0.05) is 31.2 Å². The number of para-hydroxylation sites is 1. The summed E-state index contributed by atoms with van der Waals surface area (Å²) < 4.78 is 2.21. The molecule has 3 heteroatoms. The molecular weight excluding hydrogens is 282 g/mol. The molecule has 3 rings (SSSR count). The Kier molecular flexibility index (Phi) is 4.29. The molecule has 1 aromatic heterocycles. The largest absolute Gasteiger partial charge is 0.378 e. The molecular formula is C20H21N3. The predicted octanol–water partition coefficient (Wildman–Crippen LogP) is 4.60. The quantitative estimate of drug-likeness (QED) is 0.645. The fourth-order valence-corrected chi connectivity index (χ4v) is 2.57. The van der Waals surface area contributed by atoms with Gasteiger partial charge in [0.15, 0.2) is 0 Å². The first kappa shape index (κ1) is 15.1. The highest BCUT2D eigenvalue weighted by molar-refractivity contribution is 5.81. The van der Waals surface area contributed by atoms with Crippen LogP contribution in [0.25, 0.3) is 5.69 Å². The number of aryl methyl sites for hydroxylation is 1. The molecule has 1 heterocycles. The summed E-state index contributed by atoms with van der Waals surface area (Å²) in [6, 6.07) is 22.8. The summed E-state index contributed by atoms with van der Waals surface area (Å²) in [5.74, 6) is 0. The van der Waals surface area contributed by atoms with Gasteiger partial charge in [-0.2, -0.15) is 0 Å². The van der Waals surface area contributed by atoms with Crippen molar-refractivity contribution in [2.45, 2.75) is 6.92 Å². The number of anilines is 1. The fourth-order valence-electron chi connectivity index (χ4n) is 2.57. The number of hydrogen-bond donors (Lipinski definition) is 0. The molecule has 23 heavy (non-hydrogen) atoms. The summed E-state index contributed by atoms with van der Waals surface area (Å²) in [6.07, 6.45) is 1.92. The van der Waals surface area contributed by atoms with E-state index in [-0.39, 0.29) is 0 Å². The zero-order chi connectivity index (χ0) is 16.2. The highest BCUT2D eigenvalue weighted by Crippen LogP contribution is 2.19. The second-order valence-corrected chi connectivity index (χ2v) is 5.74. The molecule has 0 unspecified atom stereocenters. The molecule has 0 aliphatic carbocycles. The molecule has 0 aliphatic heterocycles. The second-order valence-electron chi connectivity index (χ2n) is 5.74. The van der Waals surface area contributed by atoms with Crippen LogP contribution in [0.3, 0.4) is 0 Å². The Bertz CT molecular complexity index is 797. The first-order valence-electron chi connectivity index (χ1n) is 7.70. The molecule has 0 radical (unpaired) electrons. The third-order valence-electron chi connectivity index (χ3n) is 3.83. The van der Waals surface area contributed by atoms with E-state index in [1.165, 1.54) is 11.4 Å². The zero-order valence-corrected chi connectivity index (χ0v) is 13.8. The SMILES string of the molecule is Cc1ccc(C=Nc2ccc(N(C)C)cc2)n1-c1ccccc1. The zero-order valence-electron chi connectivity index (χ0n) is 13.8. The van der Waals surface area contributed by atoms with Crippen molar-refractivity contribution in [3.05, 3.63) is 78.1 Å². The van der Waals surface area contributed by atoms with Crippen molar-refractivity contribution in [1.82, 2.24) is 4.57 Å². The Balaban J connectivity index is 1.89. The monoisotopic (exact) mass is 303 g/mol. The summed E-state index contributed by atoms with van der Waals surface area (Å²) >= 11 is 0. The highest BCUT2D eigenvalue weighted by Gasteiger charge is 2.05. The number of aliphatic imine (C=N–C) groups is 1. The van der Waals surface area contributed by atoms with Gasteiger partial charge in [0.25, 0.3) is 0 Å². The average molecular weight is 303 g/mol. The van der Waals surface area contributed by atoms with Gasteiger partial charge in [-0.05, 0) is 55.5 Å². The van der Waals surface area contributed by atoms with E-state index in [0.29, 0.717) is 0 Å². The molecule has 0 bridgehead atoms. The Morgan fingerprint density at radius 1 is 0.870 bits per heavy atom. The lowest BCUT2D eigenvalue weighted by molar-refractivity contribution is 1.01. The van der Waals surface area contributed by atoms with Crippen LogP contribution < -0.4 is 4.90 Å². The molecule has 0 fully saturated rings. The Morgan fingerprint density at radius 3 is 2.22 bits per heavy atom. The van der Waals surface area contributed by atoms with E-state index in [1.807, 2.05) is 38.5 Å². The number of hydrogen-bond acceptors (Lipinski definition) is 2. The van der Waals surface area contributed by atoms with Gasteiger partial charge in [-0.15, -0.1) is 0 Å². The normalized spacial score (nSPS) is 11.1. The van der Waals surface area contributed by atoms with Gasteiger partial charge in [0.1, 0.15) is 0 Å². The number of aromatic nitrogens is 1. The molecule has 0 atom stereocenters. The van der Waals surface area contributed by atoms with Crippen LogP contribution >= 0.6 is 0 Å². The molecule has 0 saturated heterocycles. The summed E-state index contributed by atoms with van der Waals surface area (Å²) in [6.45, 7) is 2.11.